The molecule has 0 unspecified atom stereocenters. The van der Waals surface area contributed by atoms with E-state index in [1.165, 1.54) is 7.11 Å². The Hall–Kier alpha value is -3.07. The summed E-state index contributed by atoms with van der Waals surface area (Å²) >= 11 is 5.95. The van der Waals surface area contributed by atoms with Crippen LogP contribution in [0.25, 0.3) is 0 Å². The summed E-state index contributed by atoms with van der Waals surface area (Å²) in [6.45, 7) is 2.14. The Morgan fingerprint density at radius 1 is 1.18 bits per heavy atom. The van der Waals surface area contributed by atoms with Gasteiger partial charge in [-0.1, -0.05) is 11.6 Å². The largest absolute Gasteiger partial charge is 0.495 e. The standard InChI is InChI=1S/C18H21ClN6O3/c1-28-15-4-3-13(19)11-14(15)23-16(26)12-22-18(27)25-9-7-24(8-10-25)17-20-5-2-6-21-17/h2-6,11H,7-10,12H2,1H3,(H,22,27)(H,23,26). The quantitative estimate of drug-likeness (QED) is 0.785. The first-order chi connectivity index (χ1) is 13.6. The van der Waals surface area contributed by atoms with E-state index in [0.717, 1.165) is 0 Å². The van der Waals surface area contributed by atoms with Crippen molar-refractivity contribution >= 4 is 35.2 Å². The summed E-state index contributed by atoms with van der Waals surface area (Å²) in [7, 11) is 1.50. The van der Waals surface area contributed by atoms with Gasteiger partial charge in [0.15, 0.2) is 0 Å². The van der Waals surface area contributed by atoms with Crippen LogP contribution in [0.1, 0.15) is 0 Å². The van der Waals surface area contributed by atoms with Crippen LogP contribution in [0.5, 0.6) is 5.75 Å². The summed E-state index contributed by atoms with van der Waals surface area (Å²) in [6, 6.07) is 6.38. The molecule has 0 aliphatic carbocycles. The highest BCUT2D eigenvalue weighted by Gasteiger charge is 2.22. The van der Waals surface area contributed by atoms with Crippen molar-refractivity contribution in [1.82, 2.24) is 20.2 Å². The van der Waals surface area contributed by atoms with Crippen LogP contribution in [0.2, 0.25) is 5.02 Å². The smallest absolute Gasteiger partial charge is 0.317 e. The third kappa shape index (κ3) is 5.01. The average molecular weight is 405 g/mol. The van der Waals surface area contributed by atoms with Gasteiger partial charge in [0.1, 0.15) is 5.75 Å². The number of hydrogen-bond acceptors (Lipinski definition) is 6. The third-order valence-electron chi connectivity index (χ3n) is 4.24. The minimum atomic E-state index is -0.370. The summed E-state index contributed by atoms with van der Waals surface area (Å²) in [5.74, 6) is 0.769. The topological polar surface area (TPSA) is 99.7 Å². The van der Waals surface area contributed by atoms with Gasteiger partial charge in [0.05, 0.1) is 19.3 Å². The number of benzene rings is 1. The van der Waals surface area contributed by atoms with Crippen molar-refractivity contribution in [3.05, 3.63) is 41.7 Å². The molecule has 1 aliphatic rings. The van der Waals surface area contributed by atoms with Crippen molar-refractivity contribution in [2.24, 2.45) is 0 Å². The van der Waals surface area contributed by atoms with Crippen molar-refractivity contribution in [3.63, 3.8) is 0 Å². The number of rotatable bonds is 5. The summed E-state index contributed by atoms with van der Waals surface area (Å²) < 4.78 is 5.18. The maximum Gasteiger partial charge on any atom is 0.317 e. The second-order valence-electron chi connectivity index (χ2n) is 6.07. The number of ether oxygens (including phenoxy) is 1. The Morgan fingerprint density at radius 3 is 2.57 bits per heavy atom. The summed E-state index contributed by atoms with van der Waals surface area (Å²) in [5, 5.41) is 5.79. The fourth-order valence-electron chi connectivity index (χ4n) is 2.80. The average Bonchev–Trinajstić information content (AvgIpc) is 2.73. The molecule has 2 aromatic rings. The first-order valence-electron chi connectivity index (χ1n) is 8.75. The molecule has 148 valence electrons. The highest BCUT2D eigenvalue weighted by molar-refractivity contribution is 6.31. The van der Waals surface area contributed by atoms with Crippen molar-refractivity contribution in [1.29, 1.82) is 0 Å². The zero-order chi connectivity index (χ0) is 19.9. The van der Waals surface area contributed by atoms with E-state index in [2.05, 4.69) is 20.6 Å². The molecule has 3 rings (SSSR count). The van der Waals surface area contributed by atoms with Crippen LogP contribution in [0.15, 0.2) is 36.7 Å². The van der Waals surface area contributed by atoms with E-state index in [0.29, 0.717) is 48.6 Å². The summed E-state index contributed by atoms with van der Waals surface area (Å²) in [5.41, 5.74) is 0.450. The lowest BCUT2D eigenvalue weighted by molar-refractivity contribution is -0.115. The van der Waals surface area contributed by atoms with Gasteiger partial charge in [-0.15, -0.1) is 0 Å². The van der Waals surface area contributed by atoms with Crippen LogP contribution < -0.4 is 20.3 Å². The Morgan fingerprint density at radius 2 is 1.89 bits per heavy atom. The van der Waals surface area contributed by atoms with E-state index in [-0.39, 0.29) is 18.5 Å². The van der Waals surface area contributed by atoms with Crippen LogP contribution in [-0.2, 0) is 4.79 Å². The van der Waals surface area contributed by atoms with Gasteiger partial charge in [0.2, 0.25) is 11.9 Å². The maximum atomic E-state index is 12.3. The molecule has 1 aromatic carbocycles. The molecule has 0 radical (unpaired) electrons. The van der Waals surface area contributed by atoms with Crippen LogP contribution in [0.4, 0.5) is 16.4 Å². The number of piperazine rings is 1. The fourth-order valence-corrected chi connectivity index (χ4v) is 2.98. The molecular formula is C18H21ClN6O3. The molecule has 2 heterocycles. The highest BCUT2D eigenvalue weighted by Crippen LogP contribution is 2.27. The number of urea groups is 1. The molecule has 0 bridgehead atoms. The number of halogens is 1. The van der Waals surface area contributed by atoms with Crippen molar-refractivity contribution in [2.75, 3.05) is 50.1 Å². The van der Waals surface area contributed by atoms with Crippen LogP contribution in [-0.4, -0.2) is 66.6 Å². The van der Waals surface area contributed by atoms with E-state index in [9.17, 15) is 9.59 Å². The highest BCUT2D eigenvalue weighted by atomic mass is 35.5. The van der Waals surface area contributed by atoms with E-state index < -0.39 is 0 Å². The first kappa shape index (κ1) is 19.7. The second kappa shape index (κ2) is 9.23. The Bertz CT molecular complexity index is 827. The molecule has 9 nitrogen and oxygen atoms in total. The second-order valence-corrected chi connectivity index (χ2v) is 6.51. The van der Waals surface area contributed by atoms with Gasteiger partial charge in [-0.3, -0.25) is 4.79 Å². The lowest BCUT2D eigenvalue weighted by Gasteiger charge is -2.34. The van der Waals surface area contributed by atoms with Crippen molar-refractivity contribution < 1.29 is 14.3 Å². The Labute approximate surface area is 167 Å². The van der Waals surface area contributed by atoms with Crippen LogP contribution in [0, 0.1) is 0 Å². The Balaban J connectivity index is 1.46. The molecule has 1 aliphatic heterocycles. The van der Waals surface area contributed by atoms with E-state index in [1.807, 2.05) is 4.90 Å². The van der Waals surface area contributed by atoms with Gasteiger partial charge < -0.3 is 25.2 Å². The number of anilines is 2. The van der Waals surface area contributed by atoms with Gasteiger partial charge in [0.25, 0.3) is 0 Å². The van der Waals surface area contributed by atoms with E-state index in [1.54, 1.807) is 41.6 Å². The summed E-state index contributed by atoms with van der Waals surface area (Å²) in [4.78, 5) is 36.6. The zero-order valence-corrected chi connectivity index (χ0v) is 16.1. The van der Waals surface area contributed by atoms with Crippen molar-refractivity contribution in [3.8, 4) is 5.75 Å². The summed E-state index contributed by atoms with van der Waals surface area (Å²) in [6.07, 6.45) is 3.38. The minimum absolute atomic E-state index is 0.156. The molecule has 3 amide bonds. The number of nitrogens with zero attached hydrogens (tertiary/aromatic N) is 4. The van der Waals surface area contributed by atoms with Crippen molar-refractivity contribution in [2.45, 2.75) is 0 Å². The first-order valence-corrected chi connectivity index (χ1v) is 9.13. The minimum Gasteiger partial charge on any atom is -0.495 e. The van der Waals surface area contributed by atoms with Gasteiger partial charge in [-0.2, -0.15) is 0 Å². The van der Waals surface area contributed by atoms with Crippen LogP contribution >= 0.6 is 11.6 Å². The number of nitrogens with one attached hydrogen (secondary N) is 2. The molecule has 0 atom stereocenters. The number of carbonyl (C=O) groups is 2. The molecule has 1 saturated heterocycles. The van der Waals surface area contributed by atoms with Gasteiger partial charge in [0, 0.05) is 43.6 Å². The number of amides is 3. The molecule has 2 N–H and O–H groups in total. The fraction of sp³-hybridized carbons (Fsp3) is 0.333. The Kier molecular flexibility index (Phi) is 6.49. The number of methoxy groups -OCH3 is 1. The van der Waals surface area contributed by atoms with Gasteiger partial charge in [-0.25, -0.2) is 14.8 Å². The predicted octanol–water partition coefficient (Wildman–Crippen LogP) is 1.61. The monoisotopic (exact) mass is 404 g/mol. The molecule has 0 spiro atoms. The number of aromatic nitrogens is 2. The number of hydrogen-bond donors (Lipinski definition) is 2. The lowest BCUT2D eigenvalue weighted by atomic mass is 10.3. The van der Waals surface area contributed by atoms with Gasteiger partial charge >= 0.3 is 6.03 Å². The zero-order valence-electron chi connectivity index (χ0n) is 15.4. The molecule has 1 aromatic heterocycles. The number of carbonyl (C=O) groups excluding carboxylic acids is 2. The molecule has 0 saturated carbocycles. The van der Waals surface area contributed by atoms with E-state index >= 15 is 0 Å². The normalized spacial score (nSPS) is 13.8. The molecule has 10 heteroatoms. The van der Waals surface area contributed by atoms with Gasteiger partial charge in [-0.05, 0) is 24.3 Å². The molecular weight excluding hydrogens is 384 g/mol. The van der Waals surface area contributed by atoms with Crippen LogP contribution in [0.3, 0.4) is 0 Å². The molecule has 1 fully saturated rings. The molecule has 28 heavy (non-hydrogen) atoms. The van der Waals surface area contributed by atoms with E-state index in [4.69, 9.17) is 16.3 Å². The third-order valence-corrected chi connectivity index (χ3v) is 4.47. The SMILES string of the molecule is COc1ccc(Cl)cc1NC(=O)CNC(=O)N1CCN(c2ncccn2)CC1. The maximum absolute atomic E-state index is 12.3. The lowest BCUT2D eigenvalue weighted by Crippen LogP contribution is -2.53. The predicted molar refractivity (Wildman–Crippen MR) is 106 cm³/mol.